The zero-order chi connectivity index (χ0) is 12.0. The standard InChI is InChI=1S/C15H21NO/c1-10-5-11(2)7-12(6-10)15(17)8-13-3-4-14(9-15)16-13/h5-7,13-14,16-17H,3-4,8-9H2,1-2H3. The fourth-order valence-electron chi connectivity index (χ4n) is 3.60. The fourth-order valence-corrected chi connectivity index (χ4v) is 3.60. The zero-order valence-electron chi connectivity index (χ0n) is 10.7. The van der Waals surface area contributed by atoms with Crippen LogP contribution in [0, 0.1) is 13.8 Å². The molecule has 0 amide bonds. The number of fused-ring (bicyclic) bond motifs is 2. The maximum Gasteiger partial charge on any atom is 0.0926 e. The molecule has 1 aromatic rings. The Kier molecular flexibility index (Phi) is 2.53. The van der Waals surface area contributed by atoms with E-state index in [2.05, 4.69) is 37.4 Å². The molecule has 2 heterocycles. The van der Waals surface area contributed by atoms with Gasteiger partial charge in [0, 0.05) is 12.1 Å². The second kappa shape index (κ2) is 3.82. The normalized spacial score (nSPS) is 36.2. The minimum Gasteiger partial charge on any atom is -0.385 e. The van der Waals surface area contributed by atoms with E-state index in [-0.39, 0.29) is 0 Å². The summed E-state index contributed by atoms with van der Waals surface area (Å²) in [4.78, 5) is 0. The molecule has 2 N–H and O–H groups in total. The second-order valence-corrected chi connectivity index (χ2v) is 5.95. The lowest BCUT2D eigenvalue weighted by Crippen LogP contribution is -2.46. The minimum atomic E-state index is -0.603. The van der Waals surface area contributed by atoms with Gasteiger partial charge in [0.2, 0.25) is 0 Å². The van der Waals surface area contributed by atoms with Gasteiger partial charge < -0.3 is 10.4 Å². The van der Waals surface area contributed by atoms with Crippen molar-refractivity contribution in [2.75, 3.05) is 0 Å². The van der Waals surface area contributed by atoms with Crippen LogP contribution in [-0.4, -0.2) is 17.2 Å². The average molecular weight is 231 g/mol. The molecule has 0 aromatic heterocycles. The number of aliphatic hydroxyl groups is 1. The van der Waals surface area contributed by atoms with Crippen molar-refractivity contribution < 1.29 is 5.11 Å². The van der Waals surface area contributed by atoms with Crippen LogP contribution in [0.2, 0.25) is 0 Å². The Morgan fingerprint density at radius 1 is 1.06 bits per heavy atom. The van der Waals surface area contributed by atoms with Gasteiger partial charge in [0.15, 0.2) is 0 Å². The van der Waals surface area contributed by atoms with E-state index in [0.29, 0.717) is 12.1 Å². The van der Waals surface area contributed by atoms with Crippen molar-refractivity contribution >= 4 is 0 Å². The van der Waals surface area contributed by atoms with Crippen LogP contribution < -0.4 is 5.32 Å². The number of aryl methyl sites for hydroxylation is 2. The molecule has 2 unspecified atom stereocenters. The summed E-state index contributed by atoms with van der Waals surface area (Å²) in [6, 6.07) is 7.50. The monoisotopic (exact) mass is 231 g/mol. The van der Waals surface area contributed by atoms with Crippen LogP contribution in [0.25, 0.3) is 0 Å². The van der Waals surface area contributed by atoms with Crippen molar-refractivity contribution in [2.45, 2.75) is 57.2 Å². The van der Waals surface area contributed by atoms with E-state index in [1.165, 1.54) is 24.0 Å². The van der Waals surface area contributed by atoms with E-state index in [4.69, 9.17) is 0 Å². The summed E-state index contributed by atoms with van der Waals surface area (Å²) >= 11 is 0. The zero-order valence-corrected chi connectivity index (χ0v) is 10.7. The molecule has 2 bridgehead atoms. The highest BCUT2D eigenvalue weighted by molar-refractivity contribution is 5.33. The topological polar surface area (TPSA) is 32.3 Å². The first kappa shape index (κ1) is 11.2. The van der Waals surface area contributed by atoms with Gasteiger partial charge in [-0.15, -0.1) is 0 Å². The van der Waals surface area contributed by atoms with Crippen molar-refractivity contribution in [2.24, 2.45) is 0 Å². The Morgan fingerprint density at radius 3 is 2.12 bits per heavy atom. The van der Waals surface area contributed by atoms with Gasteiger partial charge >= 0.3 is 0 Å². The summed E-state index contributed by atoms with van der Waals surface area (Å²) in [5, 5.41) is 14.5. The lowest BCUT2D eigenvalue weighted by atomic mass is 9.80. The van der Waals surface area contributed by atoms with Crippen LogP contribution in [0.3, 0.4) is 0 Å². The van der Waals surface area contributed by atoms with E-state index < -0.39 is 5.60 Å². The highest BCUT2D eigenvalue weighted by atomic mass is 16.3. The van der Waals surface area contributed by atoms with E-state index >= 15 is 0 Å². The number of piperidine rings is 1. The SMILES string of the molecule is Cc1cc(C)cc(C2(O)CC3CCC(C2)N3)c1. The van der Waals surface area contributed by atoms with E-state index in [1.807, 2.05) is 0 Å². The highest BCUT2D eigenvalue weighted by Gasteiger charge is 2.43. The van der Waals surface area contributed by atoms with Crippen molar-refractivity contribution in [1.29, 1.82) is 0 Å². The van der Waals surface area contributed by atoms with Gasteiger partial charge in [0.25, 0.3) is 0 Å². The summed E-state index contributed by atoms with van der Waals surface area (Å²) in [5.41, 5.74) is 3.01. The van der Waals surface area contributed by atoms with Gasteiger partial charge in [-0.25, -0.2) is 0 Å². The summed E-state index contributed by atoms with van der Waals surface area (Å²) in [6.45, 7) is 4.21. The second-order valence-electron chi connectivity index (χ2n) is 5.95. The number of nitrogens with one attached hydrogen (secondary N) is 1. The van der Waals surface area contributed by atoms with Gasteiger partial charge in [-0.05, 0) is 45.1 Å². The molecule has 0 radical (unpaired) electrons. The maximum absolute atomic E-state index is 10.9. The molecule has 2 aliphatic heterocycles. The molecule has 3 rings (SSSR count). The molecule has 2 nitrogen and oxygen atoms in total. The number of hydrogen-bond acceptors (Lipinski definition) is 2. The first-order chi connectivity index (χ1) is 8.05. The molecular weight excluding hydrogens is 210 g/mol. The van der Waals surface area contributed by atoms with Crippen molar-refractivity contribution in [3.63, 3.8) is 0 Å². The Bertz CT molecular complexity index is 408. The molecule has 0 spiro atoms. The molecule has 2 aliphatic rings. The van der Waals surface area contributed by atoms with Gasteiger partial charge in [-0.1, -0.05) is 29.3 Å². The molecular formula is C15H21NO. The number of hydrogen-bond donors (Lipinski definition) is 2. The number of rotatable bonds is 1. The van der Waals surface area contributed by atoms with Crippen LogP contribution in [-0.2, 0) is 5.60 Å². The van der Waals surface area contributed by atoms with Gasteiger partial charge in [0.05, 0.1) is 5.60 Å². The van der Waals surface area contributed by atoms with Crippen LogP contribution in [0.15, 0.2) is 18.2 Å². The molecule has 2 saturated heterocycles. The van der Waals surface area contributed by atoms with Crippen LogP contribution in [0.1, 0.15) is 42.4 Å². The Labute approximate surface area is 103 Å². The third-order valence-corrected chi connectivity index (χ3v) is 4.26. The number of benzene rings is 1. The lowest BCUT2D eigenvalue weighted by Gasteiger charge is -2.38. The summed E-state index contributed by atoms with van der Waals surface area (Å²) in [7, 11) is 0. The largest absolute Gasteiger partial charge is 0.385 e. The minimum absolute atomic E-state index is 0.513. The first-order valence-electron chi connectivity index (χ1n) is 6.62. The molecule has 0 aliphatic carbocycles. The van der Waals surface area contributed by atoms with Crippen LogP contribution in [0.4, 0.5) is 0 Å². The Morgan fingerprint density at radius 2 is 1.59 bits per heavy atom. The van der Waals surface area contributed by atoms with Crippen LogP contribution in [0.5, 0.6) is 0 Å². The Balaban J connectivity index is 1.96. The molecule has 17 heavy (non-hydrogen) atoms. The molecule has 2 atom stereocenters. The van der Waals surface area contributed by atoms with Crippen LogP contribution >= 0.6 is 0 Å². The fraction of sp³-hybridized carbons (Fsp3) is 0.600. The predicted molar refractivity (Wildman–Crippen MR) is 69.0 cm³/mol. The predicted octanol–water partition coefficient (Wildman–Crippen LogP) is 2.41. The van der Waals surface area contributed by atoms with E-state index in [1.54, 1.807) is 0 Å². The smallest absolute Gasteiger partial charge is 0.0926 e. The first-order valence-corrected chi connectivity index (χ1v) is 6.62. The average Bonchev–Trinajstić information content (AvgIpc) is 2.57. The molecule has 0 saturated carbocycles. The highest BCUT2D eigenvalue weighted by Crippen LogP contribution is 2.41. The maximum atomic E-state index is 10.9. The van der Waals surface area contributed by atoms with Gasteiger partial charge in [-0.3, -0.25) is 0 Å². The van der Waals surface area contributed by atoms with Gasteiger partial charge in [-0.2, -0.15) is 0 Å². The third-order valence-electron chi connectivity index (χ3n) is 4.26. The van der Waals surface area contributed by atoms with E-state index in [9.17, 15) is 5.11 Å². The quantitative estimate of drug-likeness (QED) is 0.778. The molecule has 92 valence electrons. The molecule has 2 heteroatoms. The Hall–Kier alpha value is -0.860. The van der Waals surface area contributed by atoms with E-state index in [0.717, 1.165) is 18.4 Å². The van der Waals surface area contributed by atoms with Crippen molar-refractivity contribution in [3.05, 3.63) is 34.9 Å². The van der Waals surface area contributed by atoms with Crippen molar-refractivity contribution in [1.82, 2.24) is 5.32 Å². The summed E-state index contributed by atoms with van der Waals surface area (Å²) < 4.78 is 0. The summed E-state index contributed by atoms with van der Waals surface area (Å²) in [6.07, 6.45) is 4.17. The third kappa shape index (κ3) is 2.00. The molecule has 1 aromatic carbocycles. The van der Waals surface area contributed by atoms with Gasteiger partial charge in [0.1, 0.15) is 0 Å². The summed E-state index contributed by atoms with van der Waals surface area (Å²) in [5.74, 6) is 0. The molecule has 2 fully saturated rings. The lowest BCUT2D eigenvalue weighted by molar-refractivity contribution is -0.0115. The van der Waals surface area contributed by atoms with Crippen molar-refractivity contribution in [3.8, 4) is 0 Å².